The predicted octanol–water partition coefficient (Wildman–Crippen LogP) is 0.644. The van der Waals surface area contributed by atoms with E-state index in [9.17, 15) is 18.8 Å². The summed E-state index contributed by atoms with van der Waals surface area (Å²) >= 11 is 0. The predicted molar refractivity (Wildman–Crippen MR) is 73.2 cm³/mol. The van der Waals surface area contributed by atoms with Crippen molar-refractivity contribution in [2.75, 3.05) is 24.5 Å². The maximum atomic E-state index is 12.9. The minimum absolute atomic E-state index is 0.222. The molecule has 3 N–H and O–H groups in total. The molecular weight excluding hydrogens is 281 g/mol. The van der Waals surface area contributed by atoms with Gasteiger partial charge in [-0.15, -0.1) is 0 Å². The minimum atomic E-state index is -1.26. The zero-order valence-electron chi connectivity index (χ0n) is 11.5. The highest BCUT2D eigenvalue weighted by molar-refractivity contribution is 5.95. The van der Waals surface area contributed by atoms with E-state index >= 15 is 0 Å². The molecule has 1 rings (SSSR count). The van der Waals surface area contributed by atoms with Gasteiger partial charge in [0, 0.05) is 12.2 Å². The van der Waals surface area contributed by atoms with Gasteiger partial charge in [0.25, 0.3) is 0 Å². The van der Waals surface area contributed by atoms with Crippen LogP contribution in [0.3, 0.4) is 0 Å². The van der Waals surface area contributed by atoms with Crippen molar-refractivity contribution in [1.82, 2.24) is 4.90 Å². The Bertz CT molecular complexity index is 517. The third kappa shape index (κ3) is 4.75. The van der Waals surface area contributed by atoms with E-state index in [-0.39, 0.29) is 6.54 Å². The van der Waals surface area contributed by atoms with Crippen LogP contribution in [-0.4, -0.2) is 47.5 Å². The summed E-state index contributed by atoms with van der Waals surface area (Å²) in [5, 5.41) is 8.79. The lowest BCUT2D eigenvalue weighted by Crippen LogP contribution is -2.48. The first-order valence-electron chi connectivity index (χ1n) is 6.17. The van der Waals surface area contributed by atoms with E-state index < -0.39 is 36.8 Å². The van der Waals surface area contributed by atoms with Gasteiger partial charge in [0.15, 0.2) is 0 Å². The Labute approximate surface area is 120 Å². The highest BCUT2D eigenvalue weighted by Crippen LogP contribution is 2.16. The number of carboxylic acid groups (broad SMARTS) is 1. The van der Waals surface area contributed by atoms with E-state index in [1.807, 2.05) is 0 Å². The average Bonchev–Trinajstić information content (AvgIpc) is 2.39. The molecule has 21 heavy (non-hydrogen) atoms. The van der Waals surface area contributed by atoms with E-state index in [0.717, 1.165) is 4.90 Å². The second-order valence-corrected chi connectivity index (χ2v) is 4.22. The largest absolute Gasteiger partial charge is 0.480 e. The fraction of sp³-hybridized carbons (Fsp3) is 0.308. The molecule has 114 valence electrons. The molecule has 0 radical (unpaired) electrons. The molecule has 0 aliphatic rings. The molecule has 0 aliphatic carbocycles. The van der Waals surface area contributed by atoms with Gasteiger partial charge in [-0.25, -0.2) is 9.18 Å². The maximum Gasteiger partial charge on any atom is 0.325 e. The van der Waals surface area contributed by atoms with Crippen LogP contribution in [0, 0.1) is 5.82 Å². The number of benzene rings is 1. The zero-order valence-corrected chi connectivity index (χ0v) is 11.5. The summed E-state index contributed by atoms with van der Waals surface area (Å²) in [4.78, 5) is 36.1. The molecule has 1 aromatic carbocycles. The van der Waals surface area contributed by atoms with E-state index in [1.54, 1.807) is 6.92 Å². The third-order valence-electron chi connectivity index (χ3n) is 2.63. The lowest BCUT2D eigenvalue weighted by molar-refractivity contribution is -0.137. The molecule has 0 saturated heterocycles. The number of nitrogens with two attached hydrogens (primary N) is 1. The zero-order chi connectivity index (χ0) is 16.0. The minimum Gasteiger partial charge on any atom is -0.480 e. The summed E-state index contributed by atoms with van der Waals surface area (Å²) in [5.41, 5.74) is 5.41. The standard InChI is InChI=1S/C13H16FN3O4/c1-2-17(10-5-3-9(14)4-6-10)13(21)16(7-11(15)18)8-12(19)20/h3-6H,2,7-8H2,1H3,(H2,15,18)(H,19,20). The molecule has 0 atom stereocenters. The van der Waals surface area contributed by atoms with Crippen molar-refractivity contribution in [2.24, 2.45) is 5.73 Å². The summed E-state index contributed by atoms with van der Waals surface area (Å²) in [6.45, 7) is 0.728. The smallest absolute Gasteiger partial charge is 0.325 e. The Kier molecular flexibility index (Phi) is 5.65. The summed E-state index contributed by atoms with van der Waals surface area (Å²) in [6, 6.07) is 4.45. The lowest BCUT2D eigenvalue weighted by Gasteiger charge is -2.28. The quantitative estimate of drug-likeness (QED) is 0.804. The number of amides is 3. The van der Waals surface area contributed by atoms with E-state index in [2.05, 4.69) is 0 Å². The second-order valence-electron chi connectivity index (χ2n) is 4.22. The van der Waals surface area contributed by atoms with Crippen LogP contribution < -0.4 is 10.6 Å². The number of carboxylic acids is 1. The molecule has 0 aromatic heterocycles. The van der Waals surface area contributed by atoms with Gasteiger partial charge in [-0.2, -0.15) is 0 Å². The molecular formula is C13H16FN3O4. The van der Waals surface area contributed by atoms with Crippen LogP contribution in [0.1, 0.15) is 6.92 Å². The Balaban J connectivity index is 2.99. The van der Waals surface area contributed by atoms with Crippen molar-refractivity contribution in [1.29, 1.82) is 0 Å². The number of nitrogens with zero attached hydrogens (tertiary/aromatic N) is 2. The van der Waals surface area contributed by atoms with Crippen LogP contribution in [0.2, 0.25) is 0 Å². The van der Waals surface area contributed by atoms with Gasteiger partial charge in [0.2, 0.25) is 5.91 Å². The molecule has 3 amide bonds. The van der Waals surface area contributed by atoms with E-state index in [0.29, 0.717) is 5.69 Å². The number of aliphatic carboxylic acids is 1. The summed E-state index contributed by atoms with van der Waals surface area (Å²) < 4.78 is 12.9. The molecule has 0 heterocycles. The molecule has 8 heteroatoms. The van der Waals surface area contributed by atoms with Crippen molar-refractivity contribution in [3.8, 4) is 0 Å². The summed E-state index contributed by atoms with van der Waals surface area (Å²) in [6.07, 6.45) is 0. The molecule has 0 aliphatic heterocycles. The van der Waals surface area contributed by atoms with Crippen LogP contribution in [0.4, 0.5) is 14.9 Å². The van der Waals surface area contributed by atoms with Crippen molar-refractivity contribution in [3.63, 3.8) is 0 Å². The van der Waals surface area contributed by atoms with Gasteiger partial charge >= 0.3 is 12.0 Å². The van der Waals surface area contributed by atoms with Gasteiger partial charge < -0.3 is 15.7 Å². The van der Waals surface area contributed by atoms with Crippen molar-refractivity contribution in [3.05, 3.63) is 30.1 Å². The highest BCUT2D eigenvalue weighted by Gasteiger charge is 2.24. The highest BCUT2D eigenvalue weighted by atomic mass is 19.1. The van der Waals surface area contributed by atoms with Crippen LogP contribution in [0.15, 0.2) is 24.3 Å². The third-order valence-corrected chi connectivity index (χ3v) is 2.63. The first kappa shape index (κ1) is 16.4. The molecule has 7 nitrogen and oxygen atoms in total. The second kappa shape index (κ2) is 7.22. The van der Waals surface area contributed by atoms with E-state index in [1.165, 1.54) is 29.2 Å². The maximum absolute atomic E-state index is 12.9. The normalized spacial score (nSPS) is 10.0. The number of hydrogen-bond acceptors (Lipinski definition) is 3. The van der Waals surface area contributed by atoms with Crippen LogP contribution in [-0.2, 0) is 9.59 Å². The Morgan fingerprint density at radius 1 is 1.19 bits per heavy atom. The fourth-order valence-corrected chi connectivity index (χ4v) is 1.76. The van der Waals surface area contributed by atoms with Gasteiger partial charge in [0.05, 0.1) is 0 Å². The van der Waals surface area contributed by atoms with Crippen LogP contribution >= 0.6 is 0 Å². The monoisotopic (exact) mass is 297 g/mol. The number of hydrogen-bond donors (Lipinski definition) is 2. The Hall–Kier alpha value is -2.64. The number of carbonyl (C=O) groups is 3. The van der Waals surface area contributed by atoms with Crippen molar-refractivity contribution < 1.29 is 23.9 Å². The SMILES string of the molecule is CCN(C(=O)N(CC(N)=O)CC(=O)O)c1ccc(F)cc1. The number of urea groups is 1. The first-order valence-corrected chi connectivity index (χ1v) is 6.17. The molecule has 0 fully saturated rings. The van der Waals surface area contributed by atoms with Crippen LogP contribution in [0.25, 0.3) is 0 Å². The topological polar surface area (TPSA) is 104 Å². The number of anilines is 1. The van der Waals surface area contributed by atoms with E-state index in [4.69, 9.17) is 10.8 Å². The Morgan fingerprint density at radius 3 is 2.19 bits per heavy atom. The first-order chi connectivity index (χ1) is 9.85. The van der Waals surface area contributed by atoms with Gasteiger partial charge in [-0.1, -0.05) is 0 Å². The van der Waals surface area contributed by atoms with Gasteiger partial charge in [-0.05, 0) is 31.2 Å². The van der Waals surface area contributed by atoms with Crippen LogP contribution in [0.5, 0.6) is 0 Å². The number of primary amides is 1. The molecule has 1 aromatic rings. The Morgan fingerprint density at radius 2 is 1.76 bits per heavy atom. The lowest BCUT2D eigenvalue weighted by atomic mass is 10.3. The molecule has 0 unspecified atom stereocenters. The summed E-state index contributed by atoms with van der Waals surface area (Å²) in [7, 11) is 0. The summed E-state index contributed by atoms with van der Waals surface area (Å²) in [5.74, 6) is -2.54. The molecule has 0 bridgehead atoms. The molecule has 0 spiro atoms. The fourth-order valence-electron chi connectivity index (χ4n) is 1.76. The average molecular weight is 297 g/mol. The van der Waals surface area contributed by atoms with Crippen molar-refractivity contribution in [2.45, 2.75) is 6.92 Å². The van der Waals surface area contributed by atoms with Gasteiger partial charge in [0.1, 0.15) is 18.9 Å². The van der Waals surface area contributed by atoms with Crippen molar-refractivity contribution >= 4 is 23.6 Å². The number of carbonyl (C=O) groups excluding carboxylic acids is 2. The number of rotatable bonds is 6. The number of halogens is 1. The molecule has 0 saturated carbocycles. The van der Waals surface area contributed by atoms with Gasteiger partial charge in [-0.3, -0.25) is 14.5 Å².